The Morgan fingerprint density at radius 3 is 2.50 bits per heavy atom. The Morgan fingerprint density at radius 1 is 1.18 bits per heavy atom. The molecule has 0 spiro atoms. The number of carboxylic acids is 1. The van der Waals surface area contributed by atoms with Crippen molar-refractivity contribution < 1.29 is 9.90 Å². The zero-order chi connectivity index (χ0) is 16.0. The zero-order valence-corrected chi connectivity index (χ0v) is 14.0. The number of aromatic carboxylic acids is 1. The lowest BCUT2D eigenvalue weighted by Crippen LogP contribution is -2.01. The van der Waals surface area contributed by atoms with Crippen molar-refractivity contribution in [2.45, 2.75) is 20.8 Å². The smallest absolute Gasteiger partial charge is 0.336 e. The van der Waals surface area contributed by atoms with Gasteiger partial charge in [-0.1, -0.05) is 11.6 Å². The van der Waals surface area contributed by atoms with Crippen molar-refractivity contribution in [1.82, 2.24) is 4.98 Å². The van der Waals surface area contributed by atoms with Gasteiger partial charge in [-0.05, 0) is 50.6 Å². The highest BCUT2D eigenvalue weighted by molar-refractivity contribution is 7.12. The van der Waals surface area contributed by atoms with E-state index in [1.165, 1.54) is 4.88 Å². The SMILES string of the molecule is Cc1cc(-c2cc(C(=O)O)c3cc(Cl)cc(C)c3n2)c(C)s1. The number of halogens is 1. The van der Waals surface area contributed by atoms with Gasteiger partial charge in [0.25, 0.3) is 0 Å². The predicted molar refractivity (Wildman–Crippen MR) is 91.2 cm³/mol. The Morgan fingerprint density at radius 2 is 1.91 bits per heavy atom. The molecule has 3 nitrogen and oxygen atoms in total. The van der Waals surface area contributed by atoms with Crippen LogP contribution in [-0.2, 0) is 0 Å². The Labute approximate surface area is 137 Å². The normalized spacial score (nSPS) is 11.1. The number of pyridine rings is 1. The van der Waals surface area contributed by atoms with Crippen molar-refractivity contribution in [1.29, 1.82) is 0 Å². The molecule has 1 aromatic carbocycles. The van der Waals surface area contributed by atoms with Gasteiger partial charge >= 0.3 is 5.97 Å². The molecule has 0 aliphatic carbocycles. The van der Waals surface area contributed by atoms with Crippen molar-refractivity contribution in [3.05, 3.63) is 50.2 Å². The highest BCUT2D eigenvalue weighted by Crippen LogP contribution is 2.33. The van der Waals surface area contributed by atoms with Gasteiger partial charge in [-0.3, -0.25) is 0 Å². The van der Waals surface area contributed by atoms with Gasteiger partial charge in [-0.15, -0.1) is 11.3 Å². The minimum Gasteiger partial charge on any atom is -0.478 e. The van der Waals surface area contributed by atoms with E-state index >= 15 is 0 Å². The van der Waals surface area contributed by atoms with E-state index in [2.05, 4.69) is 4.98 Å². The molecule has 2 heterocycles. The van der Waals surface area contributed by atoms with E-state index in [1.807, 2.05) is 26.8 Å². The van der Waals surface area contributed by atoms with Crippen molar-refractivity contribution in [3.8, 4) is 11.3 Å². The first-order valence-electron chi connectivity index (χ1n) is 6.78. The first-order chi connectivity index (χ1) is 10.4. The molecule has 2 aromatic heterocycles. The van der Waals surface area contributed by atoms with Gasteiger partial charge in [-0.2, -0.15) is 0 Å². The van der Waals surface area contributed by atoms with Gasteiger partial charge in [-0.25, -0.2) is 9.78 Å². The molecule has 0 unspecified atom stereocenters. The van der Waals surface area contributed by atoms with Crippen LogP contribution in [0.25, 0.3) is 22.2 Å². The Kier molecular flexibility index (Phi) is 3.67. The summed E-state index contributed by atoms with van der Waals surface area (Å²) in [6, 6.07) is 7.15. The van der Waals surface area contributed by atoms with Crippen LogP contribution in [0.4, 0.5) is 0 Å². The minimum atomic E-state index is -0.972. The van der Waals surface area contributed by atoms with Crippen LogP contribution < -0.4 is 0 Å². The number of fused-ring (bicyclic) bond motifs is 1. The molecular formula is C17H14ClNO2S. The molecule has 22 heavy (non-hydrogen) atoms. The van der Waals surface area contributed by atoms with Crippen molar-refractivity contribution >= 4 is 39.8 Å². The van der Waals surface area contributed by atoms with Crippen LogP contribution in [0, 0.1) is 20.8 Å². The number of carboxylic acid groups (broad SMARTS) is 1. The summed E-state index contributed by atoms with van der Waals surface area (Å²) in [5, 5.41) is 10.6. The van der Waals surface area contributed by atoms with E-state index in [9.17, 15) is 9.90 Å². The van der Waals surface area contributed by atoms with Gasteiger partial charge in [0, 0.05) is 25.7 Å². The molecular weight excluding hydrogens is 318 g/mol. The number of nitrogens with zero attached hydrogens (tertiary/aromatic N) is 1. The summed E-state index contributed by atoms with van der Waals surface area (Å²) in [5.74, 6) is -0.972. The molecule has 3 rings (SSSR count). The average Bonchev–Trinajstić information content (AvgIpc) is 2.76. The monoisotopic (exact) mass is 331 g/mol. The fourth-order valence-corrected chi connectivity index (χ4v) is 3.86. The highest BCUT2D eigenvalue weighted by Gasteiger charge is 2.16. The van der Waals surface area contributed by atoms with Crippen LogP contribution in [-0.4, -0.2) is 16.1 Å². The second-order valence-electron chi connectivity index (χ2n) is 5.31. The zero-order valence-electron chi connectivity index (χ0n) is 12.4. The number of aryl methyl sites for hydroxylation is 3. The first kappa shape index (κ1) is 15.0. The van der Waals surface area contributed by atoms with Gasteiger partial charge in [0.05, 0.1) is 16.8 Å². The molecule has 0 radical (unpaired) electrons. The molecule has 5 heteroatoms. The predicted octanol–water partition coefficient (Wildman–Crippen LogP) is 5.24. The van der Waals surface area contributed by atoms with Crippen LogP contribution >= 0.6 is 22.9 Å². The summed E-state index contributed by atoms with van der Waals surface area (Å²) in [6.45, 7) is 5.95. The van der Waals surface area contributed by atoms with Gasteiger partial charge in [0.1, 0.15) is 0 Å². The van der Waals surface area contributed by atoms with Crippen LogP contribution in [0.2, 0.25) is 5.02 Å². The summed E-state index contributed by atoms with van der Waals surface area (Å²) in [7, 11) is 0. The van der Waals surface area contributed by atoms with Crippen LogP contribution in [0.5, 0.6) is 0 Å². The molecule has 0 aliphatic heterocycles. The standard InChI is InChI=1S/C17H14ClNO2S/c1-8-4-11(18)6-13-14(17(20)21)7-15(19-16(8)13)12-5-9(2)22-10(12)3/h4-7H,1-3H3,(H,20,21). The molecule has 0 saturated carbocycles. The maximum atomic E-state index is 11.6. The molecule has 0 atom stereocenters. The number of aromatic nitrogens is 1. The molecule has 0 saturated heterocycles. The maximum absolute atomic E-state index is 11.6. The molecule has 3 aromatic rings. The lowest BCUT2D eigenvalue weighted by molar-refractivity contribution is 0.0699. The summed E-state index contributed by atoms with van der Waals surface area (Å²) in [6.07, 6.45) is 0. The third-order valence-electron chi connectivity index (χ3n) is 3.62. The molecule has 0 amide bonds. The van der Waals surface area contributed by atoms with E-state index in [0.717, 1.165) is 16.0 Å². The fraction of sp³-hybridized carbons (Fsp3) is 0.176. The topological polar surface area (TPSA) is 50.2 Å². The Hall–Kier alpha value is -1.91. The average molecular weight is 332 g/mol. The number of rotatable bonds is 2. The maximum Gasteiger partial charge on any atom is 0.336 e. The van der Waals surface area contributed by atoms with Crippen molar-refractivity contribution in [2.75, 3.05) is 0 Å². The molecule has 112 valence electrons. The quantitative estimate of drug-likeness (QED) is 0.698. The first-order valence-corrected chi connectivity index (χ1v) is 7.98. The number of benzene rings is 1. The van der Waals surface area contributed by atoms with Crippen molar-refractivity contribution in [3.63, 3.8) is 0 Å². The molecule has 0 fully saturated rings. The molecule has 1 N–H and O–H groups in total. The van der Waals surface area contributed by atoms with E-state index in [4.69, 9.17) is 11.6 Å². The van der Waals surface area contributed by atoms with E-state index in [0.29, 0.717) is 21.6 Å². The summed E-state index contributed by atoms with van der Waals surface area (Å²) < 4.78 is 0. The number of hydrogen-bond acceptors (Lipinski definition) is 3. The summed E-state index contributed by atoms with van der Waals surface area (Å²) in [4.78, 5) is 18.6. The molecule has 0 bridgehead atoms. The fourth-order valence-electron chi connectivity index (χ4n) is 2.66. The largest absolute Gasteiger partial charge is 0.478 e. The summed E-state index contributed by atoms with van der Waals surface area (Å²) >= 11 is 7.75. The van der Waals surface area contributed by atoms with Gasteiger partial charge in [0.2, 0.25) is 0 Å². The number of carbonyl (C=O) groups is 1. The highest BCUT2D eigenvalue weighted by atomic mass is 35.5. The van der Waals surface area contributed by atoms with Gasteiger partial charge in [0.15, 0.2) is 0 Å². The molecule has 0 aliphatic rings. The van der Waals surface area contributed by atoms with E-state index < -0.39 is 5.97 Å². The third-order valence-corrected chi connectivity index (χ3v) is 4.80. The minimum absolute atomic E-state index is 0.230. The van der Waals surface area contributed by atoms with Gasteiger partial charge < -0.3 is 5.11 Å². The lowest BCUT2D eigenvalue weighted by atomic mass is 10.0. The number of hydrogen-bond donors (Lipinski definition) is 1. The second-order valence-corrected chi connectivity index (χ2v) is 7.20. The Bertz CT molecular complexity index is 915. The van der Waals surface area contributed by atoms with E-state index in [1.54, 1.807) is 29.5 Å². The Balaban J connectivity index is 2.39. The number of thiophene rings is 1. The van der Waals surface area contributed by atoms with Crippen LogP contribution in [0.3, 0.4) is 0 Å². The second kappa shape index (κ2) is 5.38. The van der Waals surface area contributed by atoms with Crippen LogP contribution in [0.1, 0.15) is 25.7 Å². The van der Waals surface area contributed by atoms with Crippen LogP contribution in [0.15, 0.2) is 24.3 Å². The summed E-state index contributed by atoms with van der Waals surface area (Å²) in [5.41, 5.74) is 3.46. The van der Waals surface area contributed by atoms with E-state index in [-0.39, 0.29) is 5.56 Å². The van der Waals surface area contributed by atoms with Crippen molar-refractivity contribution in [2.24, 2.45) is 0 Å². The third kappa shape index (κ3) is 2.49. The lowest BCUT2D eigenvalue weighted by Gasteiger charge is -2.09.